The number of aliphatic hydroxyl groups is 1. The largest absolute Gasteiger partial charge is 0.497 e. The second-order valence-corrected chi connectivity index (χ2v) is 4.46. The first-order valence-electron chi connectivity index (χ1n) is 5.47. The first-order valence-corrected chi connectivity index (χ1v) is 5.47. The van der Waals surface area contributed by atoms with Crippen LogP contribution in [0.25, 0.3) is 0 Å². The van der Waals surface area contributed by atoms with Crippen LogP contribution in [-0.4, -0.2) is 25.4 Å². The van der Waals surface area contributed by atoms with E-state index in [4.69, 9.17) is 10.5 Å². The van der Waals surface area contributed by atoms with E-state index in [0.717, 1.165) is 30.8 Å². The third kappa shape index (κ3) is 2.22. The van der Waals surface area contributed by atoms with Crippen molar-refractivity contribution in [2.24, 2.45) is 5.41 Å². The Balaban J connectivity index is 2.03. The highest BCUT2D eigenvalue weighted by Gasteiger charge is 2.41. The van der Waals surface area contributed by atoms with Gasteiger partial charge in [0.1, 0.15) is 5.75 Å². The number of benzene rings is 1. The Morgan fingerprint density at radius 2 is 2.25 bits per heavy atom. The summed E-state index contributed by atoms with van der Waals surface area (Å²) in [5, 5.41) is 12.5. The Morgan fingerprint density at radius 1 is 1.50 bits per heavy atom. The number of nitrogen functional groups attached to an aromatic ring is 1. The number of hydrogen-bond acceptors (Lipinski definition) is 4. The number of aliphatic hydroxyl groups excluding tert-OH is 1. The van der Waals surface area contributed by atoms with Crippen LogP contribution in [-0.2, 0) is 0 Å². The van der Waals surface area contributed by atoms with Gasteiger partial charge in [0.15, 0.2) is 0 Å². The fourth-order valence-electron chi connectivity index (χ4n) is 1.67. The minimum atomic E-state index is 0.0789. The van der Waals surface area contributed by atoms with Crippen molar-refractivity contribution >= 4 is 11.4 Å². The molecular formula is C12H18N2O2. The van der Waals surface area contributed by atoms with Gasteiger partial charge >= 0.3 is 0 Å². The number of nitrogens with two attached hydrogens (primary N) is 1. The molecule has 0 bridgehead atoms. The van der Waals surface area contributed by atoms with E-state index in [1.807, 2.05) is 18.2 Å². The van der Waals surface area contributed by atoms with Crippen LogP contribution in [0.5, 0.6) is 5.75 Å². The normalized spacial score (nSPS) is 16.9. The number of ether oxygens (including phenoxy) is 1. The molecule has 0 amide bonds. The highest BCUT2D eigenvalue weighted by atomic mass is 16.5. The van der Waals surface area contributed by atoms with Gasteiger partial charge in [0.25, 0.3) is 0 Å². The zero-order valence-electron chi connectivity index (χ0n) is 9.49. The van der Waals surface area contributed by atoms with Crippen LogP contribution in [0.3, 0.4) is 0 Å². The fraction of sp³-hybridized carbons (Fsp3) is 0.500. The van der Waals surface area contributed by atoms with Gasteiger partial charge in [0.2, 0.25) is 0 Å². The average Bonchev–Trinajstić information content (AvgIpc) is 3.09. The monoisotopic (exact) mass is 222 g/mol. The summed E-state index contributed by atoms with van der Waals surface area (Å²) < 4.78 is 5.14. The second kappa shape index (κ2) is 4.22. The SMILES string of the molecule is COc1ccc(N)c(NCC2(CO)CC2)c1. The summed E-state index contributed by atoms with van der Waals surface area (Å²) in [5.41, 5.74) is 7.51. The highest BCUT2D eigenvalue weighted by molar-refractivity contribution is 5.68. The zero-order valence-corrected chi connectivity index (χ0v) is 9.49. The van der Waals surface area contributed by atoms with E-state index >= 15 is 0 Å². The van der Waals surface area contributed by atoms with Crippen LogP contribution in [0.4, 0.5) is 11.4 Å². The Morgan fingerprint density at radius 3 is 2.81 bits per heavy atom. The molecule has 0 aliphatic heterocycles. The molecule has 0 radical (unpaired) electrons. The van der Waals surface area contributed by atoms with Gasteiger partial charge in [0, 0.05) is 18.0 Å². The lowest BCUT2D eigenvalue weighted by Gasteiger charge is -2.15. The Labute approximate surface area is 95.4 Å². The lowest BCUT2D eigenvalue weighted by Crippen LogP contribution is -2.19. The molecule has 1 saturated carbocycles. The van der Waals surface area contributed by atoms with Crippen LogP contribution in [0.2, 0.25) is 0 Å². The molecule has 0 saturated heterocycles. The minimum Gasteiger partial charge on any atom is -0.497 e. The van der Waals surface area contributed by atoms with Crippen molar-refractivity contribution in [3.05, 3.63) is 18.2 Å². The van der Waals surface area contributed by atoms with E-state index in [1.54, 1.807) is 7.11 Å². The lowest BCUT2D eigenvalue weighted by molar-refractivity contribution is 0.220. The van der Waals surface area contributed by atoms with Crippen molar-refractivity contribution in [1.82, 2.24) is 0 Å². The molecule has 0 unspecified atom stereocenters. The topological polar surface area (TPSA) is 67.5 Å². The van der Waals surface area contributed by atoms with Crippen LogP contribution in [0, 0.1) is 5.41 Å². The zero-order chi connectivity index (χ0) is 11.6. The van der Waals surface area contributed by atoms with Gasteiger partial charge in [-0.2, -0.15) is 0 Å². The first kappa shape index (κ1) is 11.1. The van der Waals surface area contributed by atoms with Gasteiger partial charge in [0.05, 0.1) is 25.1 Å². The predicted octanol–water partition coefficient (Wildman–Crippen LogP) is 1.46. The molecule has 0 spiro atoms. The van der Waals surface area contributed by atoms with E-state index in [9.17, 15) is 5.11 Å². The number of methoxy groups -OCH3 is 1. The molecule has 16 heavy (non-hydrogen) atoms. The van der Waals surface area contributed by atoms with Gasteiger partial charge in [-0.3, -0.25) is 0 Å². The van der Waals surface area contributed by atoms with Gasteiger partial charge in [-0.15, -0.1) is 0 Å². The molecule has 4 nitrogen and oxygen atoms in total. The number of rotatable bonds is 5. The molecular weight excluding hydrogens is 204 g/mol. The maximum Gasteiger partial charge on any atom is 0.121 e. The Bertz CT molecular complexity index is 375. The van der Waals surface area contributed by atoms with Crippen molar-refractivity contribution in [3.63, 3.8) is 0 Å². The van der Waals surface area contributed by atoms with Gasteiger partial charge < -0.3 is 20.9 Å². The van der Waals surface area contributed by atoms with E-state index in [-0.39, 0.29) is 12.0 Å². The summed E-state index contributed by atoms with van der Waals surface area (Å²) in [4.78, 5) is 0. The van der Waals surface area contributed by atoms with E-state index < -0.39 is 0 Å². The summed E-state index contributed by atoms with van der Waals surface area (Å²) in [6, 6.07) is 5.53. The van der Waals surface area contributed by atoms with Gasteiger partial charge in [-0.05, 0) is 25.0 Å². The van der Waals surface area contributed by atoms with Crippen LogP contribution < -0.4 is 15.8 Å². The van der Waals surface area contributed by atoms with Crippen molar-refractivity contribution in [2.75, 3.05) is 31.3 Å². The van der Waals surface area contributed by atoms with Crippen LogP contribution in [0.15, 0.2) is 18.2 Å². The number of nitrogens with one attached hydrogen (secondary N) is 1. The van der Waals surface area contributed by atoms with E-state index in [0.29, 0.717) is 5.69 Å². The average molecular weight is 222 g/mol. The smallest absolute Gasteiger partial charge is 0.121 e. The molecule has 4 heteroatoms. The molecule has 0 aromatic heterocycles. The van der Waals surface area contributed by atoms with Crippen LogP contribution >= 0.6 is 0 Å². The van der Waals surface area contributed by atoms with Gasteiger partial charge in [-0.1, -0.05) is 0 Å². The number of anilines is 2. The minimum absolute atomic E-state index is 0.0789. The number of hydrogen-bond donors (Lipinski definition) is 3. The van der Waals surface area contributed by atoms with E-state index in [2.05, 4.69) is 5.32 Å². The van der Waals surface area contributed by atoms with E-state index in [1.165, 1.54) is 0 Å². The molecule has 0 heterocycles. The van der Waals surface area contributed by atoms with Crippen molar-refractivity contribution < 1.29 is 9.84 Å². The predicted molar refractivity (Wildman–Crippen MR) is 64.6 cm³/mol. The summed E-state index contributed by atoms with van der Waals surface area (Å²) in [7, 11) is 1.63. The quantitative estimate of drug-likeness (QED) is 0.660. The first-order chi connectivity index (χ1) is 7.69. The lowest BCUT2D eigenvalue weighted by atomic mass is 10.1. The molecule has 0 atom stereocenters. The highest BCUT2D eigenvalue weighted by Crippen LogP contribution is 2.45. The molecule has 1 aromatic carbocycles. The summed E-state index contributed by atoms with van der Waals surface area (Å²) in [6.45, 7) is 1.00. The third-order valence-electron chi connectivity index (χ3n) is 3.21. The second-order valence-electron chi connectivity index (χ2n) is 4.46. The Kier molecular flexibility index (Phi) is 2.92. The maximum atomic E-state index is 9.21. The molecule has 1 fully saturated rings. The Hall–Kier alpha value is -1.42. The standard InChI is InChI=1S/C12H18N2O2/c1-16-9-2-3-10(13)11(6-9)14-7-12(8-15)4-5-12/h2-3,6,14-15H,4-5,7-8,13H2,1H3. The van der Waals surface area contributed by atoms with Crippen molar-refractivity contribution in [3.8, 4) is 5.75 Å². The summed E-state index contributed by atoms with van der Waals surface area (Å²) in [6.07, 6.45) is 2.17. The molecule has 2 rings (SSSR count). The fourth-order valence-corrected chi connectivity index (χ4v) is 1.67. The van der Waals surface area contributed by atoms with Gasteiger partial charge in [-0.25, -0.2) is 0 Å². The van der Waals surface area contributed by atoms with Crippen molar-refractivity contribution in [2.45, 2.75) is 12.8 Å². The third-order valence-corrected chi connectivity index (χ3v) is 3.21. The summed E-state index contributed by atoms with van der Waals surface area (Å²) in [5.74, 6) is 0.783. The molecule has 1 aromatic rings. The molecule has 1 aliphatic rings. The summed E-state index contributed by atoms with van der Waals surface area (Å²) >= 11 is 0. The van der Waals surface area contributed by atoms with Crippen LogP contribution in [0.1, 0.15) is 12.8 Å². The van der Waals surface area contributed by atoms with Crippen molar-refractivity contribution in [1.29, 1.82) is 0 Å². The molecule has 1 aliphatic carbocycles. The molecule has 4 N–H and O–H groups in total. The maximum absolute atomic E-state index is 9.21. The molecule has 88 valence electrons.